The van der Waals surface area contributed by atoms with Crippen molar-refractivity contribution in [1.82, 2.24) is 6.15 Å². The van der Waals surface area contributed by atoms with Gasteiger partial charge >= 0.3 is 39.5 Å². The first-order valence-corrected chi connectivity index (χ1v) is 2.88. The van der Waals surface area contributed by atoms with E-state index in [9.17, 15) is 0 Å². The lowest BCUT2D eigenvalue weighted by Gasteiger charge is -1.68. The van der Waals surface area contributed by atoms with E-state index in [0.717, 1.165) is 0 Å². The van der Waals surface area contributed by atoms with Crippen LogP contribution < -0.4 is 17.6 Å². The van der Waals surface area contributed by atoms with E-state index >= 15 is 0 Å². The summed E-state index contributed by atoms with van der Waals surface area (Å²) in [4.78, 5) is 9.00. The molecular weight excluding hydrogens is 190 g/mol. The second-order valence-corrected chi connectivity index (χ2v) is 1.75. The number of hydrogen-bond acceptors (Lipinski definition) is 4. The molecule has 0 aromatic carbocycles. The molecule has 0 aliphatic heterocycles. The average Bonchev–Trinajstić information content (AvgIpc) is 1.19. The van der Waals surface area contributed by atoms with Crippen LogP contribution in [0.5, 0.6) is 0 Å². The Morgan fingerprint density at radius 1 is 1.18 bits per heavy atom. The van der Waals surface area contributed by atoms with Gasteiger partial charge in [0.1, 0.15) is 0 Å². The van der Waals surface area contributed by atoms with Gasteiger partial charge in [-0.2, -0.15) is 8.42 Å². The van der Waals surface area contributed by atoms with E-state index in [-0.39, 0.29) is 29.2 Å². The van der Waals surface area contributed by atoms with Gasteiger partial charge in [-0.25, -0.2) is 4.79 Å². The number of hydrogen-bond donors (Lipinski definition) is 5. The van der Waals surface area contributed by atoms with Crippen LogP contribution in [-0.4, -0.2) is 46.6 Å². The van der Waals surface area contributed by atoms with Crippen LogP contribution >= 0.6 is 0 Å². The van der Waals surface area contributed by atoms with Crippen LogP contribution in [0.1, 0.15) is 0 Å². The monoisotopic (exact) mass is 201 g/mol. The van der Waals surface area contributed by atoms with Crippen LogP contribution in [0.15, 0.2) is 0 Å². The van der Waals surface area contributed by atoms with Gasteiger partial charge in [0.25, 0.3) is 0 Å². The lowest BCUT2D eigenvalue weighted by atomic mass is 11.2. The Kier molecular flexibility index (Phi) is 20.1. The van der Waals surface area contributed by atoms with Crippen molar-refractivity contribution >= 4 is 39.5 Å². The van der Waals surface area contributed by atoms with Gasteiger partial charge in [-0.1, -0.05) is 0 Å². The summed E-state index contributed by atoms with van der Waals surface area (Å²) in [5.41, 5.74) is 8.50. The van der Waals surface area contributed by atoms with Crippen molar-refractivity contribution in [2.75, 3.05) is 0 Å². The normalized spacial score (nSPS) is 7.45. The molecule has 0 aliphatic rings. The summed E-state index contributed by atoms with van der Waals surface area (Å²) in [6.45, 7) is 0. The second kappa shape index (κ2) is 9.87. The molecule has 10 heteroatoms. The van der Waals surface area contributed by atoms with Crippen LogP contribution in [-0.2, 0) is 10.4 Å². The van der Waals surface area contributed by atoms with Crippen molar-refractivity contribution in [3.63, 3.8) is 0 Å². The number of amides is 2. The smallest absolute Gasteiger partial charge is 0.352 e. The molecule has 0 rings (SSSR count). The third kappa shape index (κ3) is 34100. The molecule has 0 heterocycles. The molecule has 0 saturated heterocycles. The molecule has 9 N–H and O–H groups in total. The van der Waals surface area contributed by atoms with Crippen LogP contribution in [0, 0.1) is 0 Å². The predicted molar refractivity (Wildman–Crippen MR) is 41.5 cm³/mol. The summed E-state index contributed by atoms with van der Waals surface area (Å²) in [5, 5.41) is 0. The van der Waals surface area contributed by atoms with E-state index in [1.807, 2.05) is 0 Å². The van der Waals surface area contributed by atoms with Gasteiger partial charge in [-0.15, -0.1) is 0 Å². The molecule has 0 aromatic heterocycles. The van der Waals surface area contributed by atoms with Crippen LogP contribution in [0.3, 0.4) is 0 Å². The number of urea groups is 1. The zero-order valence-electron chi connectivity index (χ0n) is 4.89. The van der Waals surface area contributed by atoms with Gasteiger partial charge in [0, 0.05) is 0 Å². The maximum absolute atomic E-state index is 9.00. The standard InChI is InChI=1S/CH4N2O.Mg.H3N.H2O4S.2H/c2-1(3)4;;;1-5(2,3)4;;/h(H4,2,3,4);;1H3;(H2,1,2,3,4);;. The molecule has 0 saturated carbocycles. The number of carbonyl (C=O) groups is 1. The minimum absolute atomic E-state index is 0. The molecule has 0 radical (unpaired) electrons. The molecule has 2 amide bonds. The molecular formula is CH11MgN3O5S. The van der Waals surface area contributed by atoms with Crippen molar-refractivity contribution < 1.29 is 22.3 Å². The zero-order chi connectivity index (χ0) is 8.08. The first kappa shape index (κ1) is 22.4. The van der Waals surface area contributed by atoms with Crippen molar-refractivity contribution in [2.24, 2.45) is 11.5 Å². The Morgan fingerprint density at radius 3 is 1.18 bits per heavy atom. The molecule has 0 spiro atoms. The highest BCUT2D eigenvalue weighted by molar-refractivity contribution is 7.79. The fraction of sp³-hybridized carbons (Fsp3) is 0. The summed E-state index contributed by atoms with van der Waals surface area (Å²) >= 11 is 0. The Hall–Kier alpha value is -0.134. The van der Waals surface area contributed by atoms with Gasteiger partial charge in [0.2, 0.25) is 0 Å². The average molecular weight is 201 g/mol. The summed E-state index contributed by atoms with van der Waals surface area (Å²) < 4.78 is 31.6. The minimum Gasteiger partial charge on any atom is -0.352 e. The highest BCUT2D eigenvalue weighted by atomic mass is 32.3. The summed E-state index contributed by atoms with van der Waals surface area (Å²) in [7, 11) is -4.67. The predicted octanol–water partition coefficient (Wildman–Crippen LogP) is -2.38. The minimum atomic E-state index is -4.67. The summed E-state index contributed by atoms with van der Waals surface area (Å²) in [5.74, 6) is 0. The molecule has 0 bridgehead atoms. The molecule has 8 nitrogen and oxygen atoms in total. The summed E-state index contributed by atoms with van der Waals surface area (Å²) in [6, 6.07) is -0.833. The fourth-order valence-electron chi connectivity index (χ4n) is 0. The lowest BCUT2D eigenvalue weighted by molar-refractivity contribution is 0.256. The molecule has 68 valence electrons. The van der Waals surface area contributed by atoms with Crippen molar-refractivity contribution in [3.8, 4) is 0 Å². The van der Waals surface area contributed by atoms with E-state index in [1.54, 1.807) is 0 Å². The van der Waals surface area contributed by atoms with Crippen molar-refractivity contribution in [3.05, 3.63) is 0 Å². The lowest BCUT2D eigenvalue weighted by Crippen LogP contribution is -2.18. The second-order valence-electron chi connectivity index (χ2n) is 0.850. The Balaban J connectivity index is -0.0000000383. The van der Waals surface area contributed by atoms with Crippen molar-refractivity contribution in [2.45, 2.75) is 0 Å². The molecule has 0 aromatic rings. The number of primary amides is 2. The SMILES string of the molecule is N.NC(N)=O.O=S(=O)(O)O.[MgH2]. The molecule has 0 aliphatic carbocycles. The zero-order valence-corrected chi connectivity index (χ0v) is 5.71. The largest absolute Gasteiger partial charge is 0.394 e. The van der Waals surface area contributed by atoms with Gasteiger partial charge in [0.05, 0.1) is 0 Å². The van der Waals surface area contributed by atoms with Crippen molar-refractivity contribution in [1.29, 1.82) is 0 Å². The third-order valence-electron chi connectivity index (χ3n) is 0. The molecule has 0 atom stereocenters. The quantitative estimate of drug-likeness (QED) is 0.215. The first-order chi connectivity index (χ1) is 3.73. The number of carbonyl (C=O) groups excluding carboxylic acids is 1. The number of rotatable bonds is 0. The van der Waals surface area contributed by atoms with E-state index in [4.69, 9.17) is 22.3 Å². The van der Waals surface area contributed by atoms with E-state index in [2.05, 4.69) is 11.5 Å². The van der Waals surface area contributed by atoms with Gasteiger partial charge < -0.3 is 17.6 Å². The maximum Gasteiger partial charge on any atom is 0.394 e. The van der Waals surface area contributed by atoms with Crippen LogP contribution in [0.25, 0.3) is 0 Å². The molecule has 0 unspecified atom stereocenters. The molecule has 11 heavy (non-hydrogen) atoms. The fourth-order valence-corrected chi connectivity index (χ4v) is 0. The van der Waals surface area contributed by atoms with E-state index < -0.39 is 16.4 Å². The van der Waals surface area contributed by atoms with E-state index in [1.165, 1.54) is 0 Å². The third-order valence-corrected chi connectivity index (χ3v) is 0. The van der Waals surface area contributed by atoms with Gasteiger partial charge in [-0.05, 0) is 0 Å². The summed E-state index contributed by atoms with van der Waals surface area (Å²) in [6.07, 6.45) is 0. The first-order valence-electron chi connectivity index (χ1n) is 1.48. The van der Waals surface area contributed by atoms with E-state index in [0.29, 0.717) is 0 Å². The van der Waals surface area contributed by atoms with Crippen LogP contribution in [0.4, 0.5) is 4.79 Å². The highest BCUT2D eigenvalue weighted by Gasteiger charge is 1.84. The molecule has 0 fully saturated rings. The highest BCUT2D eigenvalue weighted by Crippen LogP contribution is 1.59. The number of nitrogens with two attached hydrogens (primary N) is 2. The van der Waals surface area contributed by atoms with Gasteiger partial charge in [0.15, 0.2) is 0 Å². The Morgan fingerprint density at radius 2 is 1.18 bits per heavy atom. The topological polar surface area (TPSA) is 179 Å². The Bertz CT molecular complexity index is 164. The Labute approximate surface area is 79.6 Å². The van der Waals surface area contributed by atoms with Crippen LogP contribution in [0.2, 0.25) is 0 Å². The van der Waals surface area contributed by atoms with Gasteiger partial charge in [-0.3, -0.25) is 9.11 Å². The maximum atomic E-state index is 9.00.